The van der Waals surface area contributed by atoms with E-state index < -0.39 is 0 Å². The molecule has 0 fully saturated rings. The lowest BCUT2D eigenvalue weighted by Gasteiger charge is -2.28. The van der Waals surface area contributed by atoms with Gasteiger partial charge < -0.3 is 24.1 Å². The predicted molar refractivity (Wildman–Crippen MR) is 155 cm³/mol. The van der Waals surface area contributed by atoms with Crippen LogP contribution >= 0.6 is 0 Å². The molecular formula is C32H56O7. The molecule has 0 spiro atoms. The summed E-state index contributed by atoms with van der Waals surface area (Å²) in [5, 5.41) is 9.79. The van der Waals surface area contributed by atoms with Gasteiger partial charge in [-0.25, -0.2) is 0 Å². The quantitative estimate of drug-likeness (QED) is 0.0945. The van der Waals surface area contributed by atoms with Gasteiger partial charge in [0.05, 0.1) is 32.5 Å². The van der Waals surface area contributed by atoms with Crippen LogP contribution in [0.4, 0.5) is 0 Å². The molecule has 0 aromatic heterocycles. The average Bonchev–Trinajstić information content (AvgIpc) is 2.93. The Morgan fingerprint density at radius 2 is 1.23 bits per heavy atom. The maximum atomic E-state index is 11.9. The first kappa shape index (κ1) is 35.2. The molecule has 0 heterocycles. The average molecular weight is 553 g/mol. The molecule has 2 unspecified atom stereocenters. The van der Waals surface area contributed by atoms with E-state index in [-0.39, 0.29) is 30.6 Å². The van der Waals surface area contributed by atoms with Gasteiger partial charge in [-0.05, 0) is 56.3 Å². The fourth-order valence-electron chi connectivity index (χ4n) is 4.43. The van der Waals surface area contributed by atoms with Crippen LogP contribution in [-0.4, -0.2) is 56.2 Å². The number of ether oxygens (including phenoxy) is 4. The van der Waals surface area contributed by atoms with Crippen molar-refractivity contribution in [2.75, 3.05) is 33.0 Å². The van der Waals surface area contributed by atoms with Gasteiger partial charge in [-0.2, -0.15) is 0 Å². The second kappa shape index (κ2) is 24.0. The molecular weight excluding hydrogens is 496 g/mol. The fraction of sp³-hybridized carbons (Fsp3) is 0.812. The minimum atomic E-state index is -0.186. The van der Waals surface area contributed by atoms with E-state index in [1.54, 1.807) is 0 Å². The highest BCUT2D eigenvalue weighted by molar-refractivity contribution is 5.69. The zero-order chi connectivity index (χ0) is 28.6. The number of aliphatic hydroxyl groups is 1. The van der Waals surface area contributed by atoms with Crippen molar-refractivity contribution in [3.63, 3.8) is 0 Å². The van der Waals surface area contributed by atoms with Crippen LogP contribution in [0.2, 0.25) is 0 Å². The Labute approximate surface area is 237 Å². The minimum absolute atomic E-state index is 0.0453. The van der Waals surface area contributed by atoms with Crippen molar-refractivity contribution in [3.8, 4) is 0 Å². The number of carbonyl (C=O) groups excluding carboxylic acids is 2. The highest BCUT2D eigenvalue weighted by Crippen LogP contribution is 2.27. The highest BCUT2D eigenvalue weighted by atomic mass is 16.5. The summed E-state index contributed by atoms with van der Waals surface area (Å²) < 4.78 is 22.6. The lowest BCUT2D eigenvalue weighted by Crippen LogP contribution is -2.27. The van der Waals surface area contributed by atoms with Crippen molar-refractivity contribution in [1.82, 2.24) is 0 Å². The smallest absolute Gasteiger partial charge is 0.305 e. The molecule has 0 saturated heterocycles. The molecule has 226 valence electrons. The molecule has 39 heavy (non-hydrogen) atoms. The molecule has 1 rings (SSSR count). The number of aliphatic hydroxyl groups excluding tert-OH is 1. The molecule has 0 saturated carbocycles. The zero-order valence-electron chi connectivity index (χ0n) is 25.1. The predicted octanol–water partition coefficient (Wildman–Crippen LogP) is 7.21. The molecule has 1 N–H and O–H groups in total. The van der Waals surface area contributed by atoms with E-state index >= 15 is 0 Å². The van der Waals surface area contributed by atoms with Gasteiger partial charge in [-0.15, -0.1) is 0 Å². The van der Waals surface area contributed by atoms with E-state index in [9.17, 15) is 14.7 Å². The summed E-state index contributed by atoms with van der Waals surface area (Å²) in [6.45, 7) is 8.42. The lowest BCUT2D eigenvalue weighted by atomic mass is 9.90. The van der Waals surface area contributed by atoms with Crippen molar-refractivity contribution < 1.29 is 33.6 Å². The fourth-order valence-corrected chi connectivity index (χ4v) is 4.43. The van der Waals surface area contributed by atoms with Crippen LogP contribution in [0.25, 0.3) is 0 Å². The van der Waals surface area contributed by atoms with Gasteiger partial charge >= 0.3 is 11.9 Å². The molecule has 0 aromatic carbocycles. The van der Waals surface area contributed by atoms with Gasteiger partial charge in [0.1, 0.15) is 5.76 Å². The van der Waals surface area contributed by atoms with Crippen LogP contribution < -0.4 is 0 Å². The van der Waals surface area contributed by atoms with E-state index in [1.807, 2.05) is 19.1 Å². The number of esters is 2. The normalized spacial score (nSPS) is 16.9. The largest absolute Gasteiger partial charge is 0.494 e. The van der Waals surface area contributed by atoms with Gasteiger partial charge in [0.15, 0.2) is 0 Å². The Morgan fingerprint density at radius 1 is 0.718 bits per heavy atom. The third-order valence-electron chi connectivity index (χ3n) is 7.07. The van der Waals surface area contributed by atoms with Gasteiger partial charge in [-0.3, -0.25) is 9.59 Å². The second-order valence-corrected chi connectivity index (χ2v) is 10.6. The Bertz CT molecular complexity index is 701. The topological polar surface area (TPSA) is 91.3 Å². The van der Waals surface area contributed by atoms with E-state index in [1.165, 1.54) is 38.5 Å². The highest BCUT2D eigenvalue weighted by Gasteiger charge is 2.24. The minimum Gasteiger partial charge on any atom is -0.494 e. The SMILES string of the molecule is CCCCCCCOC(=O)CCCCOC1=CC(OCCCCC(=O)OCCCCCCC)C(C)C(CO)=C1. The maximum absolute atomic E-state index is 11.9. The first-order valence-corrected chi connectivity index (χ1v) is 15.6. The van der Waals surface area contributed by atoms with Gasteiger partial charge in [0.25, 0.3) is 0 Å². The summed E-state index contributed by atoms with van der Waals surface area (Å²) in [6.07, 6.45) is 18.9. The molecule has 7 heteroatoms. The molecule has 1 aliphatic rings. The van der Waals surface area contributed by atoms with Crippen molar-refractivity contribution in [2.24, 2.45) is 5.92 Å². The summed E-state index contributed by atoms with van der Waals surface area (Å²) in [4.78, 5) is 23.8. The Kier molecular flexibility index (Phi) is 21.6. The van der Waals surface area contributed by atoms with Crippen LogP contribution in [0.3, 0.4) is 0 Å². The third kappa shape index (κ3) is 18.2. The summed E-state index contributed by atoms with van der Waals surface area (Å²) >= 11 is 0. The van der Waals surface area contributed by atoms with E-state index in [0.717, 1.165) is 56.9 Å². The standard InChI is InChI=1S/C32H56O7/c1-4-6-8-10-14-22-38-31(34)18-12-16-20-36-29-24-28(26-33)27(3)30(25-29)37-21-17-13-19-32(35)39-23-15-11-9-7-5-2/h24-25,27,30,33H,4-23,26H2,1-3H3. The number of hydrogen-bond donors (Lipinski definition) is 1. The molecule has 0 bridgehead atoms. The van der Waals surface area contributed by atoms with Gasteiger partial charge in [0.2, 0.25) is 0 Å². The van der Waals surface area contributed by atoms with Gasteiger partial charge in [-0.1, -0.05) is 72.1 Å². The van der Waals surface area contributed by atoms with Crippen molar-refractivity contribution in [3.05, 3.63) is 23.5 Å². The number of unbranched alkanes of at least 4 members (excludes halogenated alkanes) is 10. The van der Waals surface area contributed by atoms with Crippen LogP contribution in [0, 0.1) is 5.92 Å². The van der Waals surface area contributed by atoms with Crippen molar-refractivity contribution in [1.29, 1.82) is 0 Å². The summed E-state index contributed by atoms with van der Waals surface area (Å²) in [5.41, 5.74) is 0.877. The maximum Gasteiger partial charge on any atom is 0.305 e. The Morgan fingerprint density at radius 3 is 1.77 bits per heavy atom. The number of hydrogen-bond acceptors (Lipinski definition) is 7. The van der Waals surface area contributed by atoms with Crippen LogP contribution in [0.15, 0.2) is 23.5 Å². The second-order valence-electron chi connectivity index (χ2n) is 10.6. The molecule has 7 nitrogen and oxygen atoms in total. The molecule has 0 aliphatic heterocycles. The monoisotopic (exact) mass is 552 g/mol. The van der Waals surface area contributed by atoms with Crippen LogP contribution in [0.1, 0.15) is 124 Å². The van der Waals surface area contributed by atoms with Crippen molar-refractivity contribution in [2.45, 2.75) is 130 Å². The van der Waals surface area contributed by atoms with Gasteiger partial charge in [0, 0.05) is 25.4 Å². The molecule has 0 radical (unpaired) electrons. The van der Waals surface area contributed by atoms with Crippen LogP contribution in [0.5, 0.6) is 0 Å². The lowest BCUT2D eigenvalue weighted by molar-refractivity contribution is -0.144. The summed E-state index contributed by atoms with van der Waals surface area (Å²) in [7, 11) is 0. The molecule has 1 aliphatic carbocycles. The first-order valence-electron chi connectivity index (χ1n) is 15.6. The van der Waals surface area contributed by atoms with E-state index in [4.69, 9.17) is 18.9 Å². The third-order valence-corrected chi connectivity index (χ3v) is 7.07. The zero-order valence-corrected chi connectivity index (χ0v) is 25.1. The number of rotatable bonds is 25. The summed E-state index contributed by atoms with van der Waals surface area (Å²) in [5.74, 6) is 0.479. The van der Waals surface area contributed by atoms with E-state index in [2.05, 4.69) is 13.8 Å². The number of carbonyl (C=O) groups is 2. The molecule has 0 amide bonds. The number of allylic oxidation sites excluding steroid dienone is 1. The Balaban J connectivity index is 2.21. The Hall–Kier alpha value is -1.86. The molecule has 0 aromatic rings. The van der Waals surface area contributed by atoms with Crippen molar-refractivity contribution >= 4 is 11.9 Å². The summed E-state index contributed by atoms with van der Waals surface area (Å²) in [6, 6.07) is 0. The molecule has 2 atom stereocenters. The first-order chi connectivity index (χ1) is 19.0. The van der Waals surface area contributed by atoms with Crippen LogP contribution in [-0.2, 0) is 28.5 Å². The van der Waals surface area contributed by atoms with E-state index in [0.29, 0.717) is 45.0 Å².